The highest BCUT2D eigenvalue weighted by molar-refractivity contribution is 5.01. The number of aryl methyl sites for hydroxylation is 1. The quantitative estimate of drug-likeness (QED) is 0.779. The second kappa shape index (κ2) is 5.30. The van der Waals surface area contributed by atoms with Crippen LogP contribution in [0, 0.1) is 0 Å². The number of alkyl halides is 9. The van der Waals surface area contributed by atoms with Gasteiger partial charge in [-0.25, -0.2) is 15.0 Å². The Balaban J connectivity index is 2.94. The van der Waals surface area contributed by atoms with E-state index in [-0.39, 0.29) is 0 Å². The molecule has 0 atom stereocenters. The largest absolute Gasteiger partial charge is 0.460 e. The first-order valence-electron chi connectivity index (χ1n) is 5.14. The number of aromatic nitrogens is 3. The Morgan fingerprint density at radius 3 is 1.67 bits per heavy atom. The molecule has 0 aliphatic heterocycles. The van der Waals surface area contributed by atoms with Gasteiger partial charge in [-0.05, 0) is 0 Å². The Morgan fingerprint density at radius 2 is 1.24 bits per heavy atom. The summed E-state index contributed by atoms with van der Waals surface area (Å²) in [4.78, 5) is 9.81. The van der Waals surface area contributed by atoms with Gasteiger partial charge in [-0.3, -0.25) is 0 Å². The second-order valence-electron chi connectivity index (χ2n) is 3.91. The van der Waals surface area contributed by atoms with E-state index >= 15 is 0 Å². The number of hydrogen-bond acceptors (Lipinski definition) is 3. The van der Waals surface area contributed by atoms with E-state index in [4.69, 9.17) is 0 Å². The lowest BCUT2D eigenvalue weighted by molar-refractivity contribution is -0.396. The van der Waals surface area contributed by atoms with Gasteiger partial charge in [0.1, 0.15) is 18.5 Å². The first-order valence-corrected chi connectivity index (χ1v) is 5.14. The lowest BCUT2D eigenvalue weighted by Gasteiger charge is -2.33. The van der Waals surface area contributed by atoms with Crippen LogP contribution in [0.25, 0.3) is 0 Å². The van der Waals surface area contributed by atoms with Crippen LogP contribution in [-0.2, 0) is 6.42 Å². The van der Waals surface area contributed by atoms with Crippen molar-refractivity contribution >= 4 is 0 Å². The van der Waals surface area contributed by atoms with Crippen molar-refractivity contribution in [1.29, 1.82) is 0 Å². The molecule has 3 nitrogen and oxygen atoms in total. The molecule has 0 spiro atoms. The molecule has 0 aliphatic carbocycles. The van der Waals surface area contributed by atoms with Gasteiger partial charge in [0.25, 0.3) is 0 Å². The van der Waals surface area contributed by atoms with Crippen LogP contribution in [0.1, 0.15) is 12.2 Å². The van der Waals surface area contributed by atoms with E-state index < -0.39 is 42.6 Å². The number of nitrogens with zero attached hydrogens (tertiary/aromatic N) is 3. The fourth-order valence-electron chi connectivity index (χ4n) is 1.23. The highest BCUT2D eigenvalue weighted by Gasteiger charge is 2.81. The molecule has 1 rings (SSSR count). The first kappa shape index (κ1) is 17.4. The van der Waals surface area contributed by atoms with E-state index in [9.17, 15) is 39.5 Å². The lowest BCUT2D eigenvalue weighted by Crippen LogP contribution is -2.60. The van der Waals surface area contributed by atoms with Gasteiger partial charge in [0.2, 0.25) is 0 Å². The van der Waals surface area contributed by atoms with Gasteiger partial charge in [0.15, 0.2) is 0 Å². The SMILES string of the molecule is FC(F)(F)C(F)(F)C(F)(F)C(F)(F)CCc1ncncn1. The zero-order valence-corrected chi connectivity index (χ0v) is 9.81. The minimum Gasteiger partial charge on any atom is -0.225 e. The molecular weight excluding hydrogens is 321 g/mol. The summed E-state index contributed by atoms with van der Waals surface area (Å²) in [7, 11) is 0. The van der Waals surface area contributed by atoms with Crippen LogP contribution in [0.15, 0.2) is 12.7 Å². The van der Waals surface area contributed by atoms with Crippen molar-refractivity contribution in [3.05, 3.63) is 18.5 Å². The highest BCUT2D eigenvalue weighted by Crippen LogP contribution is 2.54. The van der Waals surface area contributed by atoms with Gasteiger partial charge in [-0.2, -0.15) is 39.5 Å². The summed E-state index contributed by atoms with van der Waals surface area (Å²) in [6.07, 6.45) is -8.19. The predicted octanol–water partition coefficient (Wildman–Crippen LogP) is 3.27. The van der Waals surface area contributed by atoms with Gasteiger partial charge >= 0.3 is 23.9 Å². The molecule has 0 aromatic carbocycles. The van der Waals surface area contributed by atoms with Crippen molar-refractivity contribution < 1.29 is 39.5 Å². The smallest absolute Gasteiger partial charge is 0.225 e. The minimum absolute atomic E-state index is 0.448. The summed E-state index contributed by atoms with van der Waals surface area (Å²) in [5, 5.41) is 0. The van der Waals surface area contributed by atoms with Crippen LogP contribution >= 0.6 is 0 Å². The van der Waals surface area contributed by atoms with E-state index in [2.05, 4.69) is 15.0 Å². The van der Waals surface area contributed by atoms with E-state index in [1.165, 1.54) is 0 Å². The Hall–Kier alpha value is -1.62. The maximum atomic E-state index is 13.1. The molecule has 0 unspecified atom stereocenters. The molecule has 21 heavy (non-hydrogen) atoms. The molecule has 0 fully saturated rings. The van der Waals surface area contributed by atoms with E-state index in [0.29, 0.717) is 0 Å². The predicted molar refractivity (Wildman–Crippen MR) is 49.0 cm³/mol. The Labute approximate surface area is 111 Å². The van der Waals surface area contributed by atoms with Crippen LogP contribution in [-0.4, -0.2) is 38.9 Å². The van der Waals surface area contributed by atoms with Gasteiger partial charge in [-0.15, -0.1) is 0 Å². The second-order valence-corrected chi connectivity index (χ2v) is 3.91. The summed E-state index contributed by atoms with van der Waals surface area (Å²) < 4.78 is 113. The maximum Gasteiger partial charge on any atom is 0.460 e. The fourth-order valence-corrected chi connectivity index (χ4v) is 1.23. The van der Waals surface area contributed by atoms with E-state index in [0.717, 1.165) is 12.7 Å². The molecule has 1 heterocycles. The van der Waals surface area contributed by atoms with Crippen LogP contribution in [0.3, 0.4) is 0 Å². The molecule has 0 aliphatic rings. The summed E-state index contributed by atoms with van der Waals surface area (Å²) in [5.41, 5.74) is 0. The summed E-state index contributed by atoms with van der Waals surface area (Å²) in [5.74, 6) is -19.5. The molecule has 120 valence electrons. The highest BCUT2D eigenvalue weighted by atomic mass is 19.4. The van der Waals surface area contributed by atoms with Crippen molar-refractivity contribution in [2.75, 3.05) is 0 Å². The van der Waals surface area contributed by atoms with Gasteiger partial charge in [0, 0.05) is 12.8 Å². The molecule has 0 saturated heterocycles. The summed E-state index contributed by atoms with van der Waals surface area (Å²) >= 11 is 0. The summed E-state index contributed by atoms with van der Waals surface area (Å²) in [6, 6.07) is 0. The van der Waals surface area contributed by atoms with Crippen LogP contribution in [0.4, 0.5) is 39.5 Å². The molecule has 1 aromatic heterocycles. The van der Waals surface area contributed by atoms with Crippen molar-refractivity contribution in [3.8, 4) is 0 Å². The molecule has 0 bridgehead atoms. The topological polar surface area (TPSA) is 38.7 Å². The molecular formula is C9H6F9N3. The average Bonchev–Trinajstić information content (AvgIpc) is 2.36. The van der Waals surface area contributed by atoms with Crippen molar-refractivity contribution in [3.63, 3.8) is 0 Å². The van der Waals surface area contributed by atoms with Crippen LogP contribution in [0.2, 0.25) is 0 Å². The molecule has 1 aromatic rings. The van der Waals surface area contributed by atoms with Gasteiger partial charge in [-0.1, -0.05) is 0 Å². The van der Waals surface area contributed by atoms with Crippen molar-refractivity contribution in [2.45, 2.75) is 36.8 Å². The number of halogens is 9. The zero-order valence-electron chi connectivity index (χ0n) is 9.81. The molecule has 0 N–H and O–H groups in total. The lowest BCUT2D eigenvalue weighted by atomic mass is 9.99. The van der Waals surface area contributed by atoms with Crippen molar-refractivity contribution in [1.82, 2.24) is 15.0 Å². The standard InChI is InChI=1S/C9H6F9N3/c10-6(11,2-1-5-20-3-19-4-21-5)7(12,13)8(14,15)9(16,17)18/h3-4H,1-2H2. The van der Waals surface area contributed by atoms with E-state index in [1.807, 2.05) is 0 Å². The molecule has 12 heteroatoms. The molecule has 0 amide bonds. The van der Waals surface area contributed by atoms with Crippen LogP contribution < -0.4 is 0 Å². The average molecular weight is 327 g/mol. The Bertz CT molecular complexity index is 471. The number of hydrogen-bond donors (Lipinski definition) is 0. The Morgan fingerprint density at radius 1 is 0.762 bits per heavy atom. The maximum absolute atomic E-state index is 13.1. The third kappa shape index (κ3) is 3.18. The molecule has 0 radical (unpaired) electrons. The van der Waals surface area contributed by atoms with E-state index in [1.54, 1.807) is 0 Å². The Kier molecular flexibility index (Phi) is 4.40. The van der Waals surface area contributed by atoms with Crippen molar-refractivity contribution in [2.24, 2.45) is 0 Å². The fraction of sp³-hybridized carbons (Fsp3) is 0.667. The summed E-state index contributed by atoms with van der Waals surface area (Å²) in [6.45, 7) is 0. The van der Waals surface area contributed by atoms with Gasteiger partial charge < -0.3 is 0 Å². The zero-order chi connectivity index (χ0) is 16.5. The monoisotopic (exact) mass is 327 g/mol. The normalized spacial score (nSPS) is 14.3. The number of rotatable bonds is 5. The van der Waals surface area contributed by atoms with Crippen LogP contribution in [0.5, 0.6) is 0 Å². The third-order valence-electron chi connectivity index (χ3n) is 2.42. The van der Waals surface area contributed by atoms with Gasteiger partial charge in [0.05, 0.1) is 0 Å². The minimum atomic E-state index is -6.87. The molecule has 0 saturated carbocycles. The third-order valence-corrected chi connectivity index (χ3v) is 2.42. The first-order chi connectivity index (χ1) is 9.33.